The minimum atomic E-state index is 0.161. The summed E-state index contributed by atoms with van der Waals surface area (Å²) in [7, 11) is 0. The van der Waals surface area contributed by atoms with E-state index in [0.717, 1.165) is 38.5 Å². The smallest absolute Gasteiger partial charge is 0.0743 e. The van der Waals surface area contributed by atoms with Gasteiger partial charge in [0.1, 0.15) is 0 Å². The van der Waals surface area contributed by atoms with Crippen LogP contribution in [0.5, 0.6) is 0 Å². The van der Waals surface area contributed by atoms with Crippen molar-refractivity contribution in [3.63, 3.8) is 0 Å². The molecule has 0 saturated carbocycles. The minimum Gasteiger partial charge on any atom is -0.264 e. The third kappa shape index (κ3) is 21.3. The summed E-state index contributed by atoms with van der Waals surface area (Å²) in [4.78, 5) is 17.7. The van der Waals surface area contributed by atoms with Crippen LogP contribution in [-0.4, -0.2) is 19.9 Å². The maximum absolute atomic E-state index is 4.62. The number of hydrogen-bond donors (Lipinski definition) is 0. The lowest BCUT2D eigenvalue weighted by Crippen LogP contribution is -2.16. The molecule has 0 unspecified atom stereocenters. The molecule has 18 rings (SSSR count). The summed E-state index contributed by atoms with van der Waals surface area (Å²) in [5.74, 6) is 0. The van der Waals surface area contributed by atoms with Gasteiger partial charge in [-0.3, -0.25) is 19.9 Å². The van der Waals surface area contributed by atoms with Crippen molar-refractivity contribution < 1.29 is 0 Å². The number of pyridine rings is 4. The van der Waals surface area contributed by atoms with Crippen LogP contribution >= 0.6 is 0 Å². The minimum absolute atomic E-state index is 0.161. The van der Waals surface area contributed by atoms with Crippen LogP contribution in [0.1, 0.15) is 341 Å². The molecular weight excluding hydrogens is 1450 g/mol. The van der Waals surface area contributed by atoms with E-state index in [0.29, 0.717) is 0 Å². The average molecular weight is 1600 g/mol. The molecule has 0 radical (unpaired) electrons. The van der Waals surface area contributed by atoms with Gasteiger partial charge in [0.15, 0.2) is 0 Å². The molecule has 0 N–H and O–H groups in total. The Morgan fingerprint density at radius 1 is 0.208 bits per heavy atom. The molecular formula is C116H152N4. The van der Waals surface area contributed by atoms with E-state index in [1.54, 1.807) is 5.56 Å². The van der Waals surface area contributed by atoms with Gasteiger partial charge in [0.2, 0.25) is 0 Å². The number of rotatable bonds is 0. The van der Waals surface area contributed by atoms with Crippen molar-refractivity contribution in [2.75, 3.05) is 0 Å². The Kier molecular flexibility index (Phi) is 33.5. The van der Waals surface area contributed by atoms with Crippen LogP contribution in [0.3, 0.4) is 0 Å². The van der Waals surface area contributed by atoms with Crippen LogP contribution in [0.2, 0.25) is 0 Å². The molecule has 8 aromatic carbocycles. The monoisotopic (exact) mass is 1600 g/mol. The zero-order chi connectivity index (χ0) is 89.5. The van der Waals surface area contributed by atoms with Gasteiger partial charge in [-0.15, -0.1) is 0 Å². The van der Waals surface area contributed by atoms with Crippen molar-refractivity contribution in [2.24, 2.45) is 0 Å². The van der Waals surface area contributed by atoms with Gasteiger partial charge in [0.25, 0.3) is 0 Å². The Morgan fingerprint density at radius 3 is 0.983 bits per heavy atom. The molecule has 6 aliphatic carbocycles. The van der Waals surface area contributed by atoms with Crippen molar-refractivity contribution in [1.82, 2.24) is 19.9 Å². The lowest BCUT2D eigenvalue weighted by molar-refractivity contribution is 0.581. The summed E-state index contributed by atoms with van der Waals surface area (Å²) in [5, 5.41) is 0. The first-order chi connectivity index (χ1) is 56.9. The highest BCUT2D eigenvalue weighted by Gasteiger charge is 2.35. The number of benzene rings is 8. The Hall–Kier alpha value is -9.64. The number of hydrogen-bond acceptors (Lipinski definition) is 4. The van der Waals surface area contributed by atoms with Crippen LogP contribution in [-0.2, 0) is 71.0 Å². The summed E-state index contributed by atoms with van der Waals surface area (Å²) >= 11 is 0. The zero-order valence-electron chi connectivity index (χ0n) is 81.5. The van der Waals surface area contributed by atoms with Crippen molar-refractivity contribution in [1.29, 1.82) is 0 Å². The fraction of sp³-hybridized carbons (Fsp3) is 0.414. The van der Waals surface area contributed by atoms with Crippen molar-refractivity contribution >= 4 is 0 Å². The number of aryl methyl sites for hydroxylation is 6. The summed E-state index contributed by atoms with van der Waals surface area (Å²) in [6.07, 6.45) is 17.9. The third-order valence-electron chi connectivity index (χ3n) is 23.0. The molecule has 6 aliphatic rings. The second-order valence-electron chi connectivity index (χ2n) is 37.7. The molecule has 0 bridgehead atoms. The lowest BCUT2D eigenvalue weighted by atomic mass is 9.79. The van der Waals surface area contributed by atoms with Crippen LogP contribution in [0.15, 0.2) is 195 Å². The van der Waals surface area contributed by atoms with Crippen LogP contribution in [0, 0.1) is 41.5 Å². The first kappa shape index (κ1) is 97.5. The highest BCUT2D eigenvalue weighted by atomic mass is 14.7. The van der Waals surface area contributed by atoms with Gasteiger partial charge in [0, 0.05) is 73.1 Å². The van der Waals surface area contributed by atoms with Crippen LogP contribution in [0.4, 0.5) is 0 Å². The molecule has 0 spiro atoms. The summed E-state index contributed by atoms with van der Waals surface area (Å²) in [6.45, 7) is 78.8. The van der Waals surface area contributed by atoms with Crippen LogP contribution < -0.4 is 0 Å². The fourth-order valence-electron chi connectivity index (χ4n) is 19.3. The van der Waals surface area contributed by atoms with Crippen molar-refractivity contribution in [3.05, 3.63) is 329 Å². The van der Waals surface area contributed by atoms with Gasteiger partial charge < -0.3 is 0 Å². The van der Waals surface area contributed by atoms with Gasteiger partial charge >= 0.3 is 0 Å². The molecule has 4 heteroatoms. The lowest BCUT2D eigenvalue weighted by Gasteiger charge is -2.25. The van der Waals surface area contributed by atoms with E-state index >= 15 is 0 Å². The highest BCUT2D eigenvalue weighted by Crippen LogP contribution is 2.50. The maximum atomic E-state index is 4.62. The number of aromatic nitrogens is 4. The van der Waals surface area contributed by atoms with Gasteiger partial charge in [-0.2, -0.15) is 0 Å². The quantitative estimate of drug-likeness (QED) is 0.152. The average Bonchev–Trinajstić information content (AvgIpc) is 1.63. The Labute approximate surface area is 730 Å². The molecule has 0 fully saturated rings. The molecule has 4 nitrogen and oxygen atoms in total. The summed E-state index contributed by atoms with van der Waals surface area (Å²) in [5.41, 5.74) is 52.4. The van der Waals surface area contributed by atoms with Gasteiger partial charge in [0.05, 0.1) is 11.4 Å². The maximum Gasteiger partial charge on any atom is 0.0743 e. The first-order valence-corrected chi connectivity index (χ1v) is 45.6. The molecule has 0 amide bonds. The second kappa shape index (κ2) is 41.3. The molecule has 636 valence electrons. The van der Waals surface area contributed by atoms with Crippen LogP contribution in [0.25, 0.3) is 66.9 Å². The van der Waals surface area contributed by atoms with E-state index in [4.69, 9.17) is 0 Å². The zero-order valence-corrected chi connectivity index (χ0v) is 81.5. The molecule has 4 heterocycles. The summed E-state index contributed by atoms with van der Waals surface area (Å²) < 4.78 is 0. The largest absolute Gasteiger partial charge is 0.264 e. The van der Waals surface area contributed by atoms with E-state index in [9.17, 15) is 0 Å². The number of fused-ring (bicyclic) bond motifs is 18. The second-order valence-corrected chi connectivity index (χ2v) is 37.7. The third-order valence-corrected chi connectivity index (χ3v) is 23.0. The van der Waals surface area contributed by atoms with Gasteiger partial charge in [-0.25, -0.2) is 0 Å². The van der Waals surface area contributed by atoms with E-state index in [1.807, 2.05) is 132 Å². The van der Waals surface area contributed by atoms with Crippen molar-refractivity contribution in [2.45, 2.75) is 320 Å². The standard InChI is InChI=1S/2C18H20.4C17H19N.6C2H6/c1-12-9-10-14-11-13-7-5-6-8-15(13)16(14)17(12)18(2,3)4;1-12-9-10-15-14-8-6-5-7-13(14)11-16(15)17(12)18(2,3)4;1-11-5-6-13-9-12-7-8-18-10-14(12)15(13)16(11)17(2,3)4;1-11-5-6-12-9-13-10-18-8-7-14(13)15(12)16(11)17(2,3)4;1-11-7-8-12-10-14-13(6-5-9-18-14)15(12)16(11)17(2,3)4;1-11-7-8-12-10-13-6-5-9-18-16(13)14(12)15(11)17(2,3)4;6*1-2/h2*5-10H,11H2,1-4H3;2*5-8,10H,9H2,1-4H3;2*5-9H,10H2,1-4H3;6*1-2H3. The molecule has 0 atom stereocenters. The molecule has 0 saturated heterocycles. The first-order valence-electron chi connectivity index (χ1n) is 45.6. The number of nitrogens with zero attached hydrogens (tertiary/aromatic N) is 4. The van der Waals surface area contributed by atoms with Gasteiger partial charge in [-0.1, -0.05) is 341 Å². The molecule has 0 aliphatic heterocycles. The van der Waals surface area contributed by atoms with Crippen molar-refractivity contribution in [3.8, 4) is 66.9 Å². The molecule has 12 aromatic rings. The topological polar surface area (TPSA) is 51.6 Å². The molecule has 4 aromatic heterocycles. The predicted octanol–water partition coefficient (Wildman–Crippen LogP) is 32.9. The molecule has 120 heavy (non-hydrogen) atoms. The SMILES string of the molecule is CC.CC.CC.CC.CC.CC.Cc1ccc2c(c1C(C)(C)C)-c1ccccc1C2.Cc1ccc2c(c1C(C)(C)C)-c1cccnc1C2.Cc1ccc2c(c1C(C)(C)C)-c1ccncc1C2.Cc1ccc2c(c1C(C)(C)C)-c1cnccc1C2.Cc1ccc2c(c1C(C)(C)C)-c1ncccc1C2.Cc1ccc2c(c1C(C)(C)C)Cc1ccccc1-2. The highest BCUT2D eigenvalue weighted by molar-refractivity contribution is 5.85. The Bertz CT molecular complexity index is 4800. The summed E-state index contributed by atoms with van der Waals surface area (Å²) in [6, 6.07) is 57.7. The predicted molar refractivity (Wildman–Crippen MR) is 528 cm³/mol. The Balaban J connectivity index is 0.000000193. The van der Waals surface area contributed by atoms with E-state index in [2.05, 4.69) is 332 Å². The van der Waals surface area contributed by atoms with E-state index < -0.39 is 0 Å². The van der Waals surface area contributed by atoms with E-state index in [1.165, 1.54) is 195 Å². The normalized spacial score (nSPS) is 12.3. The fourth-order valence-corrected chi connectivity index (χ4v) is 19.3. The van der Waals surface area contributed by atoms with Gasteiger partial charge in [-0.05, 0) is 290 Å². The van der Waals surface area contributed by atoms with E-state index in [-0.39, 0.29) is 32.5 Å². The Morgan fingerprint density at radius 2 is 0.517 bits per heavy atom.